The van der Waals surface area contributed by atoms with Crippen LogP contribution in [-0.2, 0) is 16.0 Å². The largest absolute Gasteiger partial charge is 0.379 e. The number of morpholine rings is 1. The Morgan fingerprint density at radius 3 is 2.68 bits per heavy atom. The zero-order chi connectivity index (χ0) is 17.3. The number of nitrogens with zero attached hydrogens (tertiary/aromatic N) is 5. The summed E-state index contributed by atoms with van der Waals surface area (Å²) in [4.78, 5) is 24.0. The lowest BCUT2D eigenvalue weighted by Gasteiger charge is -2.29. The predicted octanol–water partition coefficient (Wildman–Crippen LogP) is 0.393. The minimum Gasteiger partial charge on any atom is -0.379 e. The van der Waals surface area contributed by atoms with Crippen molar-refractivity contribution in [1.82, 2.24) is 19.9 Å². The number of hydrogen-bond acceptors (Lipinski definition) is 7. The second kappa shape index (κ2) is 6.92. The first-order chi connectivity index (χ1) is 12.2. The van der Waals surface area contributed by atoms with Crippen LogP contribution >= 0.6 is 0 Å². The lowest BCUT2D eigenvalue weighted by molar-refractivity contribution is -0.135. The Bertz CT molecular complexity index is 615. The molecule has 3 aliphatic rings. The highest BCUT2D eigenvalue weighted by Crippen LogP contribution is 2.41. The van der Waals surface area contributed by atoms with E-state index in [2.05, 4.69) is 19.9 Å². The molecule has 0 aromatic carbocycles. The predicted molar refractivity (Wildman–Crippen MR) is 91.4 cm³/mol. The Kier molecular flexibility index (Phi) is 4.64. The van der Waals surface area contributed by atoms with Crippen molar-refractivity contribution in [2.45, 2.75) is 26.2 Å². The fourth-order valence-electron chi connectivity index (χ4n) is 4.13. The normalized spacial score (nSPS) is 27.8. The number of amides is 1. The number of rotatable bonds is 5. The molecular formula is C17H27N5O3. The zero-order valence-electron chi connectivity index (χ0n) is 14.9. The lowest BCUT2D eigenvalue weighted by atomic mass is 9.85. The van der Waals surface area contributed by atoms with E-state index in [1.54, 1.807) is 0 Å². The van der Waals surface area contributed by atoms with E-state index < -0.39 is 0 Å². The average molecular weight is 349 g/mol. The highest BCUT2D eigenvalue weighted by Gasteiger charge is 2.51. The summed E-state index contributed by atoms with van der Waals surface area (Å²) in [7, 11) is 0. The number of aryl methyl sites for hydroxylation is 1. The highest BCUT2D eigenvalue weighted by molar-refractivity contribution is 5.86. The summed E-state index contributed by atoms with van der Waals surface area (Å²) in [6.45, 7) is 9.71. The molecule has 1 amide bonds. The monoisotopic (exact) mass is 349 g/mol. The molecule has 3 fully saturated rings. The van der Waals surface area contributed by atoms with Gasteiger partial charge >= 0.3 is 0 Å². The Hall–Kier alpha value is -1.67. The van der Waals surface area contributed by atoms with Crippen LogP contribution in [0.3, 0.4) is 0 Å². The Morgan fingerprint density at radius 2 is 1.92 bits per heavy atom. The van der Waals surface area contributed by atoms with E-state index in [0.717, 1.165) is 71.7 Å². The van der Waals surface area contributed by atoms with E-state index in [9.17, 15) is 4.79 Å². The number of aromatic nitrogens is 2. The van der Waals surface area contributed by atoms with Gasteiger partial charge in [-0.15, -0.1) is 0 Å². The quantitative estimate of drug-likeness (QED) is 0.761. The summed E-state index contributed by atoms with van der Waals surface area (Å²) in [5.41, 5.74) is -0.252. The van der Waals surface area contributed by atoms with Gasteiger partial charge < -0.3 is 19.1 Å². The molecule has 1 unspecified atom stereocenters. The first-order valence-electron chi connectivity index (χ1n) is 9.37. The summed E-state index contributed by atoms with van der Waals surface area (Å²) in [5.74, 6) is 1.59. The van der Waals surface area contributed by atoms with Crippen LogP contribution in [-0.4, -0.2) is 84.9 Å². The van der Waals surface area contributed by atoms with Gasteiger partial charge in [-0.2, -0.15) is 4.98 Å². The molecular weight excluding hydrogens is 322 g/mol. The maximum Gasteiger partial charge on any atom is 0.266 e. The van der Waals surface area contributed by atoms with Gasteiger partial charge in [0.25, 0.3) is 5.95 Å². The molecule has 0 aliphatic carbocycles. The van der Waals surface area contributed by atoms with Gasteiger partial charge in [-0.25, -0.2) is 0 Å². The fraction of sp³-hybridized carbons (Fsp3) is 0.824. The number of anilines is 1. The van der Waals surface area contributed by atoms with E-state index >= 15 is 0 Å². The minimum atomic E-state index is -0.252. The first-order valence-corrected chi connectivity index (χ1v) is 9.37. The van der Waals surface area contributed by atoms with Crippen LogP contribution in [0.1, 0.15) is 25.7 Å². The zero-order valence-corrected chi connectivity index (χ0v) is 14.9. The third-order valence-corrected chi connectivity index (χ3v) is 5.79. The maximum atomic E-state index is 13.0. The van der Waals surface area contributed by atoms with Crippen molar-refractivity contribution in [3.8, 4) is 0 Å². The maximum absolute atomic E-state index is 13.0. The molecule has 25 heavy (non-hydrogen) atoms. The molecule has 3 aliphatic heterocycles. The molecule has 8 heteroatoms. The number of hydrogen-bond donors (Lipinski definition) is 0. The highest BCUT2D eigenvalue weighted by atomic mass is 16.5. The van der Waals surface area contributed by atoms with Crippen LogP contribution in [0.2, 0.25) is 0 Å². The Labute approximate surface area is 148 Å². The van der Waals surface area contributed by atoms with E-state index in [1.165, 1.54) is 0 Å². The van der Waals surface area contributed by atoms with E-state index in [4.69, 9.17) is 9.26 Å². The van der Waals surface area contributed by atoms with Gasteiger partial charge in [0.05, 0.1) is 18.6 Å². The number of carbonyl (C=O) groups is 1. The van der Waals surface area contributed by atoms with Crippen molar-refractivity contribution in [2.75, 3.05) is 63.9 Å². The van der Waals surface area contributed by atoms with Crippen LogP contribution in [0.25, 0.3) is 0 Å². The summed E-state index contributed by atoms with van der Waals surface area (Å²) >= 11 is 0. The van der Waals surface area contributed by atoms with Gasteiger partial charge in [0.1, 0.15) is 0 Å². The molecule has 1 aromatic rings. The summed E-state index contributed by atoms with van der Waals surface area (Å²) in [6.07, 6.45) is 2.56. The average Bonchev–Trinajstić information content (AvgIpc) is 3.36. The van der Waals surface area contributed by atoms with Crippen LogP contribution < -0.4 is 4.90 Å². The van der Waals surface area contributed by atoms with E-state index in [1.807, 2.05) is 11.8 Å². The van der Waals surface area contributed by atoms with Gasteiger partial charge in [-0.05, 0) is 18.0 Å². The molecule has 8 nitrogen and oxygen atoms in total. The molecule has 1 atom stereocenters. The van der Waals surface area contributed by atoms with Gasteiger partial charge in [-0.1, -0.05) is 6.92 Å². The smallest absolute Gasteiger partial charge is 0.266 e. The van der Waals surface area contributed by atoms with E-state index in [-0.39, 0.29) is 5.41 Å². The summed E-state index contributed by atoms with van der Waals surface area (Å²) in [6, 6.07) is 0. The van der Waals surface area contributed by atoms with Gasteiger partial charge in [0, 0.05) is 52.2 Å². The van der Waals surface area contributed by atoms with Gasteiger partial charge in [0.15, 0.2) is 0 Å². The lowest BCUT2D eigenvalue weighted by Crippen LogP contribution is -2.43. The number of likely N-dealkylation sites (tertiary alicyclic amines) is 1. The Balaban J connectivity index is 1.34. The van der Waals surface area contributed by atoms with Crippen molar-refractivity contribution in [3.05, 3.63) is 5.89 Å². The molecule has 4 heterocycles. The summed E-state index contributed by atoms with van der Waals surface area (Å²) in [5, 5.41) is 4.06. The third kappa shape index (κ3) is 3.25. The number of ether oxygens (including phenoxy) is 1. The van der Waals surface area contributed by atoms with Crippen molar-refractivity contribution in [3.63, 3.8) is 0 Å². The SMILES string of the molecule is CCc1nc(N2CCC3(CCN(CCN4CCOCC4)C3=O)C2)no1. The van der Waals surface area contributed by atoms with Crippen molar-refractivity contribution >= 4 is 11.9 Å². The van der Waals surface area contributed by atoms with Crippen LogP contribution in [0, 0.1) is 5.41 Å². The minimum absolute atomic E-state index is 0.252. The van der Waals surface area contributed by atoms with Crippen LogP contribution in [0.15, 0.2) is 4.52 Å². The topological polar surface area (TPSA) is 74.9 Å². The molecule has 0 N–H and O–H groups in total. The van der Waals surface area contributed by atoms with E-state index in [0.29, 0.717) is 24.3 Å². The molecule has 1 aromatic heterocycles. The molecule has 1 spiro atoms. The molecule has 0 radical (unpaired) electrons. The van der Waals surface area contributed by atoms with Crippen LogP contribution in [0.5, 0.6) is 0 Å². The molecule has 4 rings (SSSR count). The first kappa shape index (κ1) is 16.8. The second-order valence-corrected chi connectivity index (χ2v) is 7.29. The van der Waals surface area contributed by atoms with Gasteiger partial charge in [0.2, 0.25) is 11.8 Å². The third-order valence-electron chi connectivity index (χ3n) is 5.79. The fourth-order valence-corrected chi connectivity index (χ4v) is 4.13. The standard InChI is InChI=1S/C17H27N5O3/c1-2-14-18-16(19-25-14)22-6-4-17(13-22)3-5-21(15(17)23)8-7-20-9-11-24-12-10-20/h2-13H2,1H3. The molecule has 0 bridgehead atoms. The second-order valence-electron chi connectivity index (χ2n) is 7.29. The Morgan fingerprint density at radius 1 is 1.12 bits per heavy atom. The van der Waals surface area contributed by atoms with Crippen molar-refractivity contribution in [2.24, 2.45) is 5.41 Å². The molecule has 3 saturated heterocycles. The molecule has 138 valence electrons. The van der Waals surface area contributed by atoms with Crippen molar-refractivity contribution in [1.29, 1.82) is 0 Å². The summed E-state index contributed by atoms with van der Waals surface area (Å²) < 4.78 is 10.6. The van der Waals surface area contributed by atoms with Gasteiger partial charge in [-0.3, -0.25) is 9.69 Å². The number of carbonyl (C=O) groups excluding carboxylic acids is 1. The van der Waals surface area contributed by atoms with Crippen molar-refractivity contribution < 1.29 is 14.1 Å². The van der Waals surface area contributed by atoms with Crippen LogP contribution in [0.4, 0.5) is 5.95 Å². The molecule has 0 saturated carbocycles.